The van der Waals surface area contributed by atoms with Gasteiger partial charge in [-0.2, -0.15) is 4.31 Å². The Morgan fingerprint density at radius 3 is 2.10 bits per heavy atom. The minimum Gasteiger partial charge on any atom is -0.381 e. The average Bonchev–Trinajstić information content (AvgIpc) is 2.80. The van der Waals surface area contributed by atoms with E-state index in [4.69, 9.17) is 4.74 Å². The van der Waals surface area contributed by atoms with Crippen molar-refractivity contribution in [1.82, 2.24) is 9.21 Å². The molecule has 2 fully saturated rings. The number of hydrogen-bond acceptors (Lipinski definition) is 4. The second-order valence-corrected chi connectivity index (χ2v) is 10.1. The van der Waals surface area contributed by atoms with Crippen LogP contribution in [0.4, 0.5) is 4.39 Å². The fraction of sp³-hybridized carbons (Fsp3) is 0.435. The molecule has 0 aliphatic carbocycles. The number of hydrogen-bond donors (Lipinski definition) is 0. The van der Waals surface area contributed by atoms with Gasteiger partial charge in [-0.3, -0.25) is 4.79 Å². The Bertz CT molecular complexity index is 1020. The van der Waals surface area contributed by atoms with Gasteiger partial charge < -0.3 is 9.64 Å². The predicted molar refractivity (Wildman–Crippen MR) is 115 cm³/mol. The Kier molecular flexibility index (Phi) is 6.14. The van der Waals surface area contributed by atoms with Crippen LogP contribution >= 0.6 is 0 Å². The standard InChI is InChI=1S/C23H27FN2O4S/c1-18-2-8-21(9-3-18)31(28,29)26-14-12-25(13-15-26)22(27)23(10-16-30-17-11-23)19-4-6-20(24)7-5-19/h2-9H,10-17H2,1H3. The van der Waals surface area contributed by atoms with E-state index in [-0.39, 0.29) is 29.7 Å². The topological polar surface area (TPSA) is 66.9 Å². The van der Waals surface area contributed by atoms with Gasteiger partial charge in [0.15, 0.2) is 0 Å². The van der Waals surface area contributed by atoms with E-state index >= 15 is 0 Å². The molecule has 0 spiro atoms. The van der Waals surface area contributed by atoms with Crippen molar-refractivity contribution in [3.8, 4) is 0 Å². The van der Waals surface area contributed by atoms with E-state index in [1.54, 1.807) is 41.3 Å². The first-order chi connectivity index (χ1) is 14.8. The lowest BCUT2D eigenvalue weighted by Crippen LogP contribution is -2.56. The molecule has 2 saturated heterocycles. The summed E-state index contributed by atoms with van der Waals surface area (Å²) in [5.41, 5.74) is 1.03. The molecule has 2 aromatic carbocycles. The number of piperazine rings is 1. The van der Waals surface area contributed by atoms with E-state index in [1.165, 1.54) is 16.4 Å². The number of rotatable bonds is 4. The Labute approximate surface area is 182 Å². The van der Waals surface area contributed by atoms with E-state index in [0.717, 1.165) is 11.1 Å². The maximum Gasteiger partial charge on any atom is 0.243 e. The zero-order valence-electron chi connectivity index (χ0n) is 17.6. The third kappa shape index (κ3) is 4.24. The number of halogens is 1. The van der Waals surface area contributed by atoms with Gasteiger partial charge in [-0.15, -0.1) is 0 Å². The molecule has 2 aromatic rings. The number of nitrogens with zero attached hydrogens (tertiary/aromatic N) is 2. The average molecular weight is 447 g/mol. The van der Waals surface area contributed by atoms with Gasteiger partial charge in [-0.1, -0.05) is 29.8 Å². The molecular formula is C23H27FN2O4S. The maximum absolute atomic E-state index is 13.6. The molecule has 0 aromatic heterocycles. The van der Waals surface area contributed by atoms with Crippen molar-refractivity contribution in [3.63, 3.8) is 0 Å². The summed E-state index contributed by atoms with van der Waals surface area (Å²) in [4.78, 5) is 15.6. The fourth-order valence-electron chi connectivity index (χ4n) is 4.41. The summed E-state index contributed by atoms with van der Waals surface area (Å²) >= 11 is 0. The number of ether oxygens (including phenoxy) is 1. The minimum atomic E-state index is -3.59. The van der Waals surface area contributed by atoms with Crippen LogP contribution in [0.1, 0.15) is 24.0 Å². The lowest BCUT2D eigenvalue weighted by molar-refractivity contribution is -0.142. The van der Waals surface area contributed by atoms with Gasteiger partial charge in [-0.25, -0.2) is 12.8 Å². The Balaban J connectivity index is 1.51. The molecule has 4 rings (SSSR count). The first-order valence-corrected chi connectivity index (χ1v) is 12.0. The highest BCUT2D eigenvalue weighted by atomic mass is 32.2. The third-order valence-corrected chi connectivity index (χ3v) is 8.25. The van der Waals surface area contributed by atoms with Crippen LogP contribution in [0.15, 0.2) is 53.4 Å². The summed E-state index contributed by atoms with van der Waals surface area (Å²) in [7, 11) is -3.59. The zero-order chi connectivity index (χ0) is 22.1. The summed E-state index contributed by atoms with van der Waals surface area (Å²) in [6.07, 6.45) is 1.05. The molecule has 6 nitrogen and oxygen atoms in total. The normalized spacial score (nSPS) is 19.9. The van der Waals surface area contributed by atoms with Crippen LogP contribution in [0.2, 0.25) is 0 Å². The molecule has 2 aliphatic rings. The Morgan fingerprint density at radius 2 is 1.52 bits per heavy atom. The molecule has 2 aliphatic heterocycles. The van der Waals surface area contributed by atoms with Crippen molar-refractivity contribution < 1.29 is 22.3 Å². The fourth-order valence-corrected chi connectivity index (χ4v) is 5.83. The lowest BCUT2D eigenvalue weighted by atomic mass is 9.73. The number of aryl methyl sites for hydroxylation is 1. The number of amides is 1. The first kappa shape index (κ1) is 21.9. The van der Waals surface area contributed by atoms with Gasteiger partial charge >= 0.3 is 0 Å². The van der Waals surface area contributed by atoms with Gasteiger partial charge in [0.25, 0.3) is 0 Å². The molecule has 1 amide bonds. The highest BCUT2D eigenvalue weighted by molar-refractivity contribution is 7.89. The zero-order valence-corrected chi connectivity index (χ0v) is 18.4. The van der Waals surface area contributed by atoms with Crippen molar-refractivity contribution in [1.29, 1.82) is 0 Å². The molecule has 2 heterocycles. The second kappa shape index (κ2) is 8.68. The van der Waals surface area contributed by atoms with E-state index in [9.17, 15) is 17.6 Å². The molecule has 0 atom stereocenters. The molecule has 31 heavy (non-hydrogen) atoms. The predicted octanol–water partition coefficient (Wildman–Crippen LogP) is 2.72. The van der Waals surface area contributed by atoms with Gasteiger partial charge in [-0.05, 0) is 49.6 Å². The van der Waals surface area contributed by atoms with Gasteiger partial charge in [0.2, 0.25) is 15.9 Å². The van der Waals surface area contributed by atoms with E-state index < -0.39 is 15.4 Å². The Morgan fingerprint density at radius 1 is 0.935 bits per heavy atom. The molecule has 8 heteroatoms. The Hall–Kier alpha value is -2.29. The van der Waals surface area contributed by atoms with Crippen LogP contribution in [0.5, 0.6) is 0 Å². The first-order valence-electron chi connectivity index (χ1n) is 10.5. The highest BCUT2D eigenvalue weighted by Gasteiger charge is 2.45. The third-order valence-electron chi connectivity index (χ3n) is 6.34. The van der Waals surface area contributed by atoms with Crippen molar-refractivity contribution in [2.24, 2.45) is 0 Å². The number of carbonyl (C=O) groups excluding carboxylic acids is 1. The van der Waals surface area contributed by atoms with Crippen LogP contribution < -0.4 is 0 Å². The quantitative estimate of drug-likeness (QED) is 0.724. The molecule has 0 unspecified atom stereocenters. The number of benzene rings is 2. The summed E-state index contributed by atoms with van der Waals surface area (Å²) in [5.74, 6) is -0.372. The van der Waals surface area contributed by atoms with Gasteiger partial charge in [0.05, 0.1) is 10.3 Å². The van der Waals surface area contributed by atoms with Crippen LogP contribution in [-0.4, -0.2) is 62.9 Å². The van der Waals surface area contributed by atoms with Crippen molar-refractivity contribution in [3.05, 3.63) is 65.5 Å². The van der Waals surface area contributed by atoms with Crippen molar-refractivity contribution in [2.45, 2.75) is 30.1 Å². The van der Waals surface area contributed by atoms with Crippen LogP contribution in [0.25, 0.3) is 0 Å². The molecule has 0 N–H and O–H groups in total. The summed E-state index contributed by atoms with van der Waals surface area (Å²) < 4.78 is 46.3. The van der Waals surface area contributed by atoms with E-state index in [2.05, 4.69) is 0 Å². The van der Waals surface area contributed by atoms with E-state index in [0.29, 0.717) is 39.1 Å². The monoisotopic (exact) mass is 446 g/mol. The summed E-state index contributed by atoms with van der Waals surface area (Å²) in [6.45, 7) is 3.99. The van der Waals surface area contributed by atoms with Crippen LogP contribution in [0, 0.1) is 12.7 Å². The summed E-state index contributed by atoms with van der Waals surface area (Å²) in [5, 5.41) is 0. The largest absolute Gasteiger partial charge is 0.381 e. The molecule has 0 bridgehead atoms. The number of carbonyl (C=O) groups is 1. The summed E-state index contributed by atoms with van der Waals surface area (Å²) in [6, 6.07) is 12.9. The van der Waals surface area contributed by atoms with Gasteiger partial charge in [0.1, 0.15) is 5.82 Å². The molecule has 166 valence electrons. The lowest BCUT2D eigenvalue weighted by Gasteiger charge is -2.42. The minimum absolute atomic E-state index is 0.0326. The molecular weight excluding hydrogens is 419 g/mol. The second-order valence-electron chi connectivity index (χ2n) is 8.21. The van der Waals surface area contributed by atoms with Crippen molar-refractivity contribution >= 4 is 15.9 Å². The van der Waals surface area contributed by atoms with Gasteiger partial charge in [0, 0.05) is 39.4 Å². The maximum atomic E-state index is 13.6. The highest BCUT2D eigenvalue weighted by Crippen LogP contribution is 2.37. The SMILES string of the molecule is Cc1ccc(S(=O)(=O)N2CCN(C(=O)C3(c4ccc(F)cc4)CCOCC3)CC2)cc1. The van der Waals surface area contributed by atoms with E-state index in [1.807, 2.05) is 6.92 Å². The smallest absolute Gasteiger partial charge is 0.243 e. The van der Waals surface area contributed by atoms with Crippen LogP contribution in [-0.2, 0) is 25.0 Å². The van der Waals surface area contributed by atoms with Crippen molar-refractivity contribution in [2.75, 3.05) is 39.4 Å². The molecule has 0 radical (unpaired) electrons. The molecule has 0 saturated carbocycles. The number of sulfonamides is 1. The van der Waals surface area contributed by atoms with Crippen LogP contribution in [0.3, 0.4) is 0 Å².